The zero-order valence-electron chi connectivity index (χ0n) is 11.6. The molecule has 1 aromatic rings. The van der Waals surface area contributed by atoms with E-state index < -0.39 is 6.10 Å². The number of carbonyl (C=O) groups excluding carboxylic acids is 1. The zero-order chi connectivity index (χ0) is 13.9. The molecule has 1 aliphatic heterocycles. The summed E-state index contributed by atoms with van der Waals surface area (Å²) in [7, 11) is 0. The molecule has 6 nitrogen and oxygen atoms in total. The Morgan fingerprint density at radius 2 is 2.35 bits per heavy atom. The van der Waals surface area contributed by atoms with Gasteiger partial charge in [0.05, 0.1) is 18.3 Å². The lowest BCUT2D eigenvalue weighted by molar-refractivity contribution is -0.122. The SMILES string of the molecule is O=C(C[C@@H]1CNC[C@H]1O)NCCn1ccc(C2CC2)n1. The average Bonchev–Trinajstić information content (AvgIpc) is 3.05. The van der Waals surface area contributed by atoms with Crippen molar-refractivity contribution in [1.29, 1.82) is 0 Å². The predicted molar refractivity (Wildman–Crippen MR) is 74.2 cm³/mol. The van der Waals surface area contributed by atoms with Gasteiger partial charge in [-0.25, -0.2) is 0 Å². The highest BCUT2D eigenvalue weighted by Crippen LogP contribution is 2.38. The molecule has 0 spiro atoms. The third kappa shape index (κ3) is 3.37. The number of aromatic nitrogens is 2. The van der Waals surface area contributed by atoms with Crippen molar-refractivity contribution in [1.82, 2.24) is 20.4 Å². The number of amides is 1. The van der Waals surface area contributed by atoms with Crippen LogP contribution in [0.25, 0.3) is 0 Å². The maximum Gasteiger partial charge on any atom is 0.220 e. The molecule has 0 unspecified atom stereocenters. The summed E-state index contributed by atoms with van der Waals surface area (Å²) in [5.74, 6) is 0.718. The van der Waals surface area contributed by atoms with E-state index in [1.807, 2.05) is 10.9 Å². The molecule has 20 heavy (non-hydrogen) atoms. The van der Waals surface area contributed by atoms with Crippen molar-refractivity contribution in [3.05, 3.63) is 18.0 Å². The van der Waals surface area contributed by atoms with Crippen molar-refractivity contribution in [2.45, 2.75) is 37.8 Å². The zero-order valence-corrected chi connectivity index (χ0v) is 11.6. The third-order valence-electron chi connectivity index (χ3n) is 4.07. The number of hydrogen-bond acceptors (Lipinski definition) is 4. The van der Waals surface area contributed by atoms with Crippen molar-refractivity contribution >= 4 is 5.91 Å². The largest absolute Gasteiger partial charge is 0.391 e. The number of hydrogen-bond donors (Lipinski definition) is 3. The lowest BCUT2D eigenvalue weighted by atomic mass is 10.0. The van der Waals surface area contributed by atoms with Gasteiger partial charge in [0, 0.05) is 44.1 Å². The van der Waals surface area contributed by atoms with Gasteiger partial charge in [-0.15, -0.1) is 0 Å². The quantitative estimate of drug-likeness (QED) is 0.676. The number of β-amino-alcohol motifs (C(OH)–C–C–N with tert-alkyl or cyclic N) is 1. The van der Waals surface area contributed by atoms with Gasteiger partial charge >= 0.3 is 0 Å². The van der Waals surface area contributed by atoms with Crippen LogP contribution in [0.3, 0.4) is 0 Å². The molecule has 3 N–H and O–H groups in total. The summed E-state index contributed by atoms with van der Waals surface area (Å²) in [6.07, 6.45) is 4.48. The van der Waals surface area contributed by atoms with Gasteiger partial charge in [-0.1, -0.05) is 0 Å². The van der Waals surface area contributed by atoms with Gasteiger partial charge < -0.3 is 15.7 Å². The Bertz CT molecular complexity index is 469. The first kappa shape index (κ1) is 13.6. The molecule has 2 atom stereocenters. The molecule has 2 aliphatic rings. The molecule has 1 saturated heterocycles. The van der Waals surface area contributed by atoms with E-state index in [2.05, 4.69) is 21.8 Å². The van der Waals surface area contributed by atoms with E-state index in [-0.39, 0.29) is 11.8 Å². The van der Waals surface area contributed by atoms with Gasteiger partial charge in [-0.2, -0.15) is 5.10 Å². The van der Waals surface area contributed by atoms with E-state index in [9.17, 15) is 9.90 Å². The number of carbonyl (C=O) groups is 1. The summed E-state index contributed by atoms with van der Waals surface area (Å²) in [6.45, 7) is 2.60. The summed E-state index contributed by atoms with van der Waals surface area (Å²) in [5.41, 5.74) is 1.18. The summed E-state index contributed by atoms with van der Waals surface area (Å²) < 4.78 is 1.89. The van der Waals surface area contributed by atoms with E-state index in [1.54, 1.807) is 0 Å². The molecule has 6 heteroatoms. The van der Waals surface area contributed by atoms with Crippen LogP contribution in [-0.4, -0.2) is 46.5 Å². The van der Waals surface area contributed by atoms with Crippen LogP contribution in [0, 0.1) is 5.92 Å². The first-order valence-electron chi connectivity index (χ1n) is 7.41. The summed E-state index contributed by atoms with van der Waals surface area (Å²) in [6, 6.07) is 2.07. The summed E-state index contributed by atoms with van der Waals surface area (Å²) in [5, 5.41) is 20.1. The van der Waals surface area contributed by atoms with Gasteiger partial charge in [0.2, 0.25) is 5.91 Å². The second kappa shape index (κ2) is 5.93. The van der Waals surface area contributed by atoms with Gasteiger partial charge in [-0.3, -0.25) is 9.48 Å². The summed E-state index contributed by atoms with van der Waals surface area (Å²) >= 11 is 0. The van der Waals surface area contributed by atoms with Crippen LogP contribution in [-0.2, 0) is 11.3 Å². The fourth-order valence-corrected chi connectivity index (χ4v) is 2.65. The van der Waals surface area contributed by atoms with Crippen LogP contribution < -0.4 is 10.6 Å². The molecule has 110 valence electrons. The molecule has 0 bridgehead atoms. The fraction of sp³-hybridized carbons (Fsp3) is 0.714. The number of rotatable bonds is 6. The van der Waals surface area contributed by atoms with Crippen LogP contribution in [0.15, 0.2) is 12.3 Å². The van der Waals surface area contributed by atoms with Crippen LogP contribution in [0.5, 0.6) is 0 Å². The summed E-state index contributed by atoms with van der Waals surface area (Å²) in [4.78, 5) is 11.8. The van der Waals surface area contributed by atoms with Gasteiger partial charge in [0.1, 0.15) is 0 Å². The standard InChI is InChI=1S/C14H22N4O2/c19-13-9-15-8-11(13)7-14(20)16-4-6-18-5-3-12(17-18)10-1-2-10/h3,5,10-11,13,15,19H,1-2,4,6-9H2,(H,16,20)/t11-,13-/m1/s1. The van der Waals surface area contributed by atoms with Crippen LogP contribution >= 0.6 is 0 Å². The Morgan fingerprint density at radius 1 is 1.50 bits per heavy atom. The van der Waals surface area contributed by atoms with Crippen molar-refractivity contribution in [2.75, 3.05) is 19.6 Å². The van der Waals surface area contributed by atoms with Crippen molar-refractivity contribution < 1.29 is 9.90 Å². The maximum absolute atomic E-state index is 11.8. The minimum atomic E-state index is -0.395. The number of nitrogens with one attached hydrogen (secondary N) is 2. The van der Waals surface area contributed by atoms with Crippen molar-refractivity contribution in [3.63, 3.8) is 0 Å². The average molecular weight is 278 g/mol. The van der Waals surface area contributed by atoms with E-state index in [4.69, 9.17) is 0 Å². The topological polar surface area (TPSA) is 79.2 Å². The molecular weight excluding hydrogens is 256 g/mol. The predicted octanol–water partition coefficient (Wildman–Crippen LogP) is -0.153. The van der Waals surface area contributed by atoms with E-state index in [1.165, 1.54) is 18.5 Å². The molecule has 2 fully saturated rings. The lowest BCUT2D eigenvalue weighted by Gasteiger charge is -2.12. The monoisotopic (exact) mass is 278 g/mol. The molecule has 0 radical (unpaired) electrons. The van der Waals surface area contributed by atoms with E-state index in [0.29, 0.717) is 32.0 Å². The highest BCUT2D eigenvalue weighted by molar-refractivity contribution is 5.76. The smallest absolute Gasteiger partial charge is 0.220 e. The second-order valence-corrected chi connectivity index (χ2v) is 5.82. The van der Waals surface area contributed by atoms with Crippen LogP contribution in [0.2, 0.25) is 0 Å². The molecule has 2 heterocycles. The molecule has 1 saturated carbocycles. The van der Waals surface area contributed by atoms with Gasteiger partial charge in [0.25, 0.3) is 0 Å². The fourth-order valence-electron chi connectivity index (χ4n) is 2.65. The van der Waals surface area contributed by atoms with Gasteiger partial charge in [-0.05, 0) is 18.9 Å². The van der Waals surface area contributed by atoms with E-state index >= 15 is 0 Å². The molecule has 3 rings (SSSR count). The molecule has 1 amide bonds. The van der Waals surface area contributed by atoms with E-state index in [0.717, 1.165) is 6.54 Å². The molecule has 0 aromatic carbocycles. The maximum atomic E-state index is 11.8. The Labute approximate surface area is 118 Å². The molecule has 1 aliphatic carbocycles. The van der Waals surface area contributed by atoms with Crippen LogP contribution in [0.4, 0.5) is 0 Å². The van der Waals surface area contributed by atoms with Gasteiger partial charge in [0.15, 0.2) is 0 Å². The Kier molecular flexibility index (Phi) is 4.03. The first-order valence-corrected chi connectivity index (χ1v) is 7.41. The molecular formula is C14H22N4O2. The van der Waals surface area contributed by atoms with Crippen LogP contribution in [0.1, 0.15) is 30.9 Å². The lowest BCUT2D eigenvalue weighted by Crippen LogP contribution is -2.31. The second-order valence-electron chi connectivity index (χ2n) is 5.82. The number of aliphatic hydroxyl groups is 1. The Morgan fingerprint density at radius 3 is 3.05 bits per heavy atom. The highest BCUT2D eigenvalue weighted by atomic mass is 16.3. The number of aliphatic hydroxyl groups excluding tert-OH is 1. The minimum Gasteiger partial charge on any atom is -0.391 e. The Hall–Kier alpha value is -1.40. The van der Waals surface area contributed by atoms with Crippen molar-refractivity contribution in [2.24, 2.45) is 5.92 Å². The Balaban J connectivity index is 1.37. The molecule has 1 aromatic heterocycles. The highest BCUT2D eigenvalue weighted by Gasteiger charge is 2.27. The minimum absolute atomic E-state index is 0.00678. The normalized spacial score (nSPS) is 25.9. The number of nitrogens with zero attached hydrogens (tertiary/aromatic N) is 2. The third-order valence-corrected chi connectivity index (χ3v) is 4.07. The van der Waals surface area contributed by atoms with Crippen molar-refractivity contribution in [3.8, 4) is 0 Å². The first-order chi connectivity index (χ1) is 9.72.